The molecule has 0 amide bonds. The van der Waals surface area contributed by atoms with E-state index in [9.17, 15) is 0 Å². The lowest BCUT2D eigenvalue weighted by Crippen LogP contribution is -2.46. The van der Waals surface area contributed by atoms with Gasteiger partial charge in [-0.05, 0) is 17.6 Å². The third-order valence-corrected chi connectivity index (χ3v) is 5.99. The second-order valence-corrected chi connectivity index (χ2v) is 7.79. The number of benzene rings is 1. The number of aromatic nitrogens is 2. The molecule has 1 saturated heterocycles. The first-order chi connectivity index (χ1) is 12.7. The summed E-state index contributed by atoms with van der Waals surface area (Å²) in [5.74, 6) is 6.02. The Balaban J connectivity index is 1.47. The van der Waals surface area contributed by atoms with E-state index < -0.39 is 0 Å². The van der Waals surface area contributed by atoms with Crippen LogP contribution in [0.1, 0.15) is 23.6 Å². The standard InChI is InChI=1S/C21H22N4S/c1-3-15(2)9-11-22-20-19-18(10-12-26-19)23-21(24-20)25-13-17(14-25)16-7-5-4-6-8-16/h1,4-8,17H,2,9-14H2,(H,22,23,24). The maximum absolute atomic E-state index is 5.38. The monoisotopic (exact) mass is 362 g/mol. The largest absolute Gasteiger partial charge is 0.369 e. The van der Waals surface area contributed by atoms with Crippen LogP contribution in [0.15, 0.2) is 47.4 Å². The molecule has 1 aromatic heterocycles. The second-order valence-electron chi connectivity index (χ2n) is 6.68. The van der Waals surface area contributed by atoms with E-state index in [2.05, 4.69) is 53.0 Å². The smallest absolute Gasteiger partial charge is 0.227 e. The molecule has 0 saturated carbocycles. The van der Waals surface area contributed by atoms with Gasteiger partial charge >= 0.3 is 0 Å². The molecule has 2 aliphatic heterocycles. The first kappa shape index (κ1) is 17.0. The minimum atomic E-state index is 0.567. The third kappa shape index (κ3) is 3.42. The molecule has 26 heavy (non-hydrogen) atoms. The molecule has 0 atom stereocenters. The van der Waals surface area contributed by atoms with Gasteiger partial charge in [0.05, 0.1) is 10.6 Å². The van der Waals surface area contributed by atoms with E-state index in [4.69, 9.17) is 16.4 Å². The molecule has 3 heterocycles. The first-order valence-electron chi connectivity index (χ1n) is 8.96. The van der Waals surface area contributed by atoms with Crippen LogP contribution in [-0.4, -0.2) is 35.4 Å². The van der Waals surface area contributed by atoms with Gasteiger partial charge in [0.2, 0.25) is 5.95 Å². The molecule has 5 heteroatoms. The molecule has 132 valence electrons. The Hall–Kier alpha value is -2.45. The van der Waals surface area contributed by atoms with Crippen LogP contribution in [0.25, 0.3) is 0 Å². The van der Waals surface area contributed by atoms with Crippen molar-refractivity contribution in [2.45, 2.75) is 23.7 Å². The maximum atomic E-state index is 5.38. The van der Waals surface area contributed by atoms with E-state index in [0.29, 0.717) is 5.92 Å². The number of nitrogens with one attached hydrogen (secondary N) is 1. The van der Waals surface area contributed by atoms with Gasteiger partial charge in [0.15, 0.2) is 0 Å². The van der Waals surface area contributed by atoms with Gasteiger partial charge in [-0.2, -0.15) is 4.98 Å². The number of fused-ring (bicyclic) bond motifs is 1. The summed E-state index contributed by atoms with van der Waals surface area (Å²) in [7, 11) is 0. The highest BCUT2D eigenvalue weighted by molar-refractivity contribution is 7.99. The van der Waals surface area contributed by atoms with Crippen molar-refractivity contribution in [2.24, 2.45) is 0 Å². The molecule has 1 aromatic carbocycles. The Labute approximate surface area is 159 Å². The molecule has 2 aromatic rings. The zero-order chi connectivity index (χ0) is 17.9. The Morgan fingerprint density at radius 3 is 2.88 bits per heavy atom. The average Bonchev–Trinajstić information content (AvgIpc) is 3.10. The summed E-state index contributed by atoms with van der Waals surface area (Å²) in [5, 5.41) is 3.44. The van der Waals surface area contributed by atoms with Crippen molar-refractivity contribution in [2.75, 3.05) is 35.6 Å². The van der Waals surface area contributed by atoms with Gasteiger partial charge < -0.3 is 10.2 Å². The Morgan fingerprint density at radius 1 is 1.31 bits per heavy atom. The van der Waals surface area contributed by atoms with Crippen LogP contribution in [-0.2, 0) is 6.42 Å². The number of rotatable bonds is 6. The number of thioether (sulfide) groups is 1. The normalized spacial score (nSPS) is 15.9. The quantitative estimate of drug-likeness (QED) is 0.793. The fourth-order valence-electron chi connectivity index (χ4n) is 3.30. The third-order valence-electron chi connectivity index (χ3n) is 4.87. The summed E-state index contributed by atoms with van der Waals surface area (Å²) in [6.07, 6.45) is 7.15. The van der Waals surface area contributed by atoms with E-state index in [0.717, 1.165) is 55.6 Å². The molecule has 2 aliphatic rings. The van der Waals surface area contributed by atoms with Gasteiger partial charge in [-0.1, -0.05) is 42.8 Å². The highest BCUT2D eigenvalue weighted by Gasteiger charge is 2.31. The molecule has 0 radical (unpaired) electrons. The fraction of sp³-hybridized carbons (Fsp3) is 0.333. The second kappa shape index (κ2) is 7.43. The molecule has 0 aliphatic carbocycles. The topological polar surface area (TPSA) is 41.1 Å². The van der Waals surface area contributed by atoms with Crippen LogP contribution >= 0.6 is 11.8 Å². The van der Waals surface area contributed by atoms with Gasteiger partial charge in [0.1, 0.15) is 5.82 Å². The SMILES string of the molecule is C#CC(=C)CCNc1nc(N2CC(c3ccccc3)C2)nc2c1SCC2. The van der Waals surface area contributed by atoms with E-state index in [1.807, 2.05) is 11.8 Å². The van der Waals surface area contributed by atoms with Crippen LogP contribution in [0.5, 0.6) is 0 Å². The lowest BCUT2D eigenvalue weighted by atomic mass is 9.92. The van der Waals surface area contributed by atoms with Crippen LogP contribution in [0.2, 0.25) is 0 Å². The first-order valence-corrected chi connectivity index (χ1v) is 9.95. The minimum Gasteiger partial charge on any atom is -0.369 e. The predicted octanol–water partition coefficient (Wildman–Crippen LogP) is 3.72. The Kier molecular flexibility index (Phi) is 4.85. The van der Waals surface area contributed by atoms with Crippen molar-refractivity contribution >= 4 is 23.5 Å². The average molecular weight is 363 g/mol. The molecule has 0 bridgehead atoms. The summed E-state index contributed by atoms with van der Waals surface area (Å²) in [6.45, 7) is 6.56. The summed E-state index contributed by atoms with van der Waals surface area (Å²) in [6, 6.07) is 10.7. The molecule has 0 spiro atoms. The summed E-state index contributed by atoms with van der Waals surface area (Å²) < 4.78 is 0. The molecule has 1 N–H and O–H groups in total. The summed E-state index contributed by atoms with van der Waals surface area (Å²) in [5.41, 5.74) is 3.37. The van der Waals surface area contributed by atoms with Crippen LogP contribution < -0.4 is 10.2 Å². The number of anilines is 2. The number of terminal acetylenes is 1. The Morgan fingerprint density at radius 2 is 2.12 bits per heavy atom. The highest BCUT2D eigenvalue weighted by Crippen LogP contribution is 2.38. The van der Waals surface area contributed by atoms with Gasteiger partial charge in [-0.3, -0.25) is 0 Å². The van der Waals surface area contributed by atoms with Gasteiger partial charge in [0.25, 0.3) is 0 Å². The highest BCUT2D eigenvalue weighted by atomic mass is 32.2. The number of nitrogens with zero attached hydrogens (tertiary/aromatic N) is 3. The zero-order valence-corrected chi connectivity index (χ0v) is 15.6. The molecular formula is C21H22N4S. The number of aryl methyl sites for hydroxylation is 1. The van der Waals surface area contributed by atoms with Crippen molar-refractivity contribution < 1.29 is 0 Å². The van der Waals surface area contributed by atoms with Crippen molar-refractivity contribution in [3.05, 3.63) is 53.7 Å². The predicted molar refractivity (Wildman–Crippen MR) is 109 cm³/mol. The van der Waals surface area contributed by atoms with E-state index in [-0.39, 0.29) is 0 Å². The number of hydrogen-bond donors (Lipinski definition) is 1. The van der Waals surface area contributed by atoms with Crippen LogP contribution in [0, 0.1) is 12.3 Å². The zero-order valence-electron chi connectivity index (χ0n) is 14.7. The number of hydrogen-bond acceptors (Lipinski definition) is 5. The molecular weight excluding hydrogens is 340 g/mol. The van der Waals surface area contributed by atoms with Crippen molar-refractivity contribution in [3.8, 4) is 12.3 Å². The Bertz CT molecular complexity index is 850. The van der Waals surface area contributed by atoms with Crippen LogP contribution in [0.3, 0.4) is 0 Å². The maximum Gasteiger partial charge on any atom is 0.227 e. The lowest BCUT2D eigenvalue weighted by Gasteiger charge is -2.39. The van der Waals surface area contributed by atoms with Gasteiger partial charge in [-0.15, -0.1) is 18.2 Å². The van der Waals surface area contributed by atoms with Gasteiger partial charge in [-0.25, -0.2) is 4.98 Å². The van der Waals surface area contributed by atoms with Crippen molar-refractivity contribution in [3.63, 3.8) is 0 Å². The molecule has 4 rings (SSSR count). The minimum absolute atomic E-state index is 0.567. The lowest BCUT2D eigenvalue weighted by molar-refractivity contribution is 0.512. The summed E-state index contributed by atoms with van der Waals surface area (Å²) >= 11 is 1.83. The summed E-state index contributed by atoms with van der Waals surface area (Å²) in [4.78, 5) is 13.1. The fourth-order valence-corrected chi connectivity index (χ4v) is 4.37. The van der Waals surface area contributed by atoms with E-state index in [1.54, 1.807) is 0 Å². The van der Waals surface area contributed by atoms with Gasteiger partial charge in [0, 0.05) is 37.7 Å². The molecule has 4 nitrogen and oxygen atoms in total. The van der Waals surface area contributed by atoms with Crippen molar-refractivity contribution in [1.29, 1.82) is 0 Å². The molecule has 1 fully saturated rings. The van der Waals surface area contributed by atoms with Crippen molar-refractivity contribution in [1.82, 2.24) is 9.97 Å². The van der Waals surface area contributed by atoms with Crippen LogP contribution in [0.4, 0.5) is 11.8 Å². The van der Waals surface area contributed by atoms with E-state index in [1.165, 1.54) is 16.2 Å². The van der Waals surface area contributed by atoms with E-state index >= 15 is 0 Å². The molecule has 0 unspecified atom stereocenters.